The van der Waals surface area contributed by atoms with E-state index in [9.17, 15) is 4.79 Å². The van der Waals surface area contributed by atoms with Gasteiger partial charge in [0.25, 0.3) is 0 Å². The Bertz CT molecular complexity index is 1150. The smallest absolute Gasteiger partial charge is 0.317 e. The van der Waals surface area contributed by atoms with Crippen molar-refractivity contribution in [3.8, 4) is 0 Å². The van der Waals surface area contributed by atoms with Crippen molar-refractivity contribution in [3.63, 3.8) is 0 Å². The largest absolute Gasteiger partial charge is 0.352 e. The van der Waals surface area contributed by atoms with Gasteiger partial charge in [-0.3, -0.25) is 0 Å². The Morgan fingerprint density at radius 2 is 1.94 bits per heavy atom. The van der Waals surface area contributed by atoms with E-state index in [0.29, 0.717) is 25.6 Å². The number of nitrogens with one attached hydrogen (secondary N) is 1. The van der Waals surface area contributed by atoms with Gasteiger partial charge in [0, 0.05) is 43.5 Å². The van der Waals surface area contributed by atoms with E-state index in [4.69, 9.17) is 9.97 Å². The average Bonchev–Trinajstić information content (AvgIpc) is 3.24. The third-order valence-electron chi connectivity index (χ3n) is 7.36. The molecule has 0 spiro atoms. The Labute approximate surface area is 206 Å². The fraction of sp³-hybridized carbons (Fsp3) is 0.519. The van der Waals surface area contributed by atoms with E-state index in [1.807, 2.05) is 46.6 Å². The molecule has 0 unspecified atom stereocenters. The first-order chi connectivity index (χ1) is 16.5. The monoisotopic (exact) mass is 477 g/mol. The number of fused-ring (bicyclic) bond motifs is 3. The quantitative estimate of drug-likeness (QED) is 0.537. The summed E-state index contributed by atoms with van der Waals surface area (Å²) in [5, 5.41) is 4.35. The molecule has 6 nitrogen and oxygen atoms in total. The highest BCUT2D eigenvalue weighted by molar-refractivity contribution is 7.19. The fourth-order valence-electron chi connectivity index (χ4n) is 4.98. The maximum absolute atomic E-state index is 12.8. The molecule has 2 atom stereocenters. The number of carbonyl (C=O) groups is 1. The van der Waals surface area contributed by atoms with Crippen molar-refractivity contribution in [2.24, 2.45) is 5.92 Å². The molecule has 0 saturated carbocycles. The number of anilines is 1. The number of hydrogen-bond donors (Lipinski definition) is 1. The van der Waals surface area contributed by atoms with Crippen LogP contribution in [0.3, 0.4) is 0 Å². The molecule has 0 radical (unpaired) electrons. The third-order valence-corrected chi connectivity index (χ3v) is 8.51. The number of thiophene rings is 1. The highest BCUT2D eigenvalue weighted by Gasteiger charge is 2.29. The first kappa shape index (κ1) is 23.1. The minimum absolute atomic E-state index is 0.0125. The summed E-state index contributed by atoms with van der Waals surface area (Å²) in [6.07, 6.45) is 4.55. The molecule has 0 bridgehead atoms. The van der Waals surface area contributed by atoms with E-state index in [2.05, 4.69) is 31.0 Å². The first-order valence-electron chi connectivity index (χ1n) is 12.7. The summed E-state index contributed by atoms with van der Waals surface area (Å²) in [4.78, 5) is 29.9. The van der Waals surface area contributed by atoms with Gasteiger partial charge in [-0.25, -0.2) is 14.8 Å². The maximum Gasteiger partial charge on any atom is 0.317 e. The van der Waals surface area contributed by atoms with Gasteiger partial charge < -0.3 is 15.1 Å². The van der Waals surface area contributed by atoms with Crippen LogP contribution in [-0.2, 0) is 19.4 Å². The summed E-state index contributed by atoms with van der Waals surface area (Å²) in [6.45, 7) is 10.3. The van der Waals surface area contributed by atoms with Crippen LogP contribution in [0.5, 0.6) is 0 Å². The van der Waals surface area contributed by atoms with Crippen LogP contribution in [0.2, 0.25) is 0 Å². The van der Waals surface area contributed by atoms with Crippen molar-refractivity contribution in [3.05, 3.63) is 52.2 Å². The number of amides is 2. The molecule has 2 aromatic heterocycles. The van der Waals surface area contributed by atoms with Crippen LogP contribution in [0.4, 0.5) is 10.6 Å². The normalized spacial score (nSPS) is 19.2. The number of benzene rings is 1. The average molecular weight is 478 g/mol. The van der Waals surface area contributed by atoms with Gasteiger partial charge in [-0.05, 0) is 42.7 Å². The summed E-state index contributed by atoms with van der Waals surface area (Å²) in [5.41, 5.74) is 2.60. The standard InChI is InChI=1S/C27H35N5OS/c1-4-19(3)24-29-25(23-21-11-10-18(2)16-22(21)34-26(23)30-24)31-12-14-32(15-13-31)27(33)28-17-20-8-6-5-7-9-20/h5-9,18-19H,4,10-17H2,1-3H3,(H,28,33)/t18-,19+/m1/s1. The predicted octanol–water partition coefficient (Wildman–Crippen LogP) is 5.36. The molecule has 1 N–H and O–H groups in total. The van der Waals surface area contributed by atoms with Crippen molar-refractivity contribution < 1.29 is 4.79 Å². The van der Waals surface area contributed by atoms with Gasteiger partial charge in [-0.15, -0.1) is 11.3 Å². The number of nitrogens with zero attached hydrogens (tertiary/aromatic N) is 4. The zero-order valence-electron chi connectivity index (χ0n) is 20.5. The number of carbonyl (C=O) groups excluding carboxylic acids is 1. The lowest BCUT2D eigenvalue weighted by atomic mass is 9.89. The fourth-order valence-corrected chi connectivity index (χ4v) is 6.36. The second kappa shape index (κ2) is 9.90. The summed E-state index contributed by atoms with van der Waals surface area (Å²) < 4.78 is 0. The first-order valence-corrected chi connectivity index (χ1v) is 13.5. The van der Waals surface area contributed by atoms with E-state index in [-0.39, 0.29) is 6.03 Å². The lowest BCUT2D eigenvalue weighted by Gasteiger charge is -2.36. The minimum Gasteiger partial charge on any atom is -0.352 e. The number of aromatic nitrogens is 2. The van der Waals surface area contributed by atoms with E-state index < -0.39 is 0 Å². The van der Waals surface area contributed by atoms with Gasteiger partial charge in [-0.2, -0.15) is 0 Å². The van der Waals surface area contributed by atoms with Gasteiger partial charge in [0.15, 0.2) is 0 Å². The minimum atomic E-state index is 0.0125. The topological polar surface area (TPSA) is 61.4 Å². The Kier molecular flexibility index (Phi) is 6.73. The summed E-state index contributed by atoms with van der Waals surface area (Å²) in [5.74, 6) is 3.13. The van der Waals surface area contributed by atoms with Crippen LogP contribution >= 0.6 is 11.3 Å². The number of urea groups is 1. The molecule has 34 heavy (non-hydrogen) atoms. The summed E-state index contributed by atoms with van der Waals surface area (Å²) in [7, 11) is 0. The van der Waals surface area contributed by atoms with Crippen LogP contribution in [0.1, 0.15) is 61.4 Å². The second-order valence-corrected chi connectivity index (χ2v) is 10.9. The van der Waals surface area contributed by atoms with Gasteiger partial charge in [0.1, 0.15) is 16.5 Å². The van der Waals surface area contributed by atoms with Crippen molar-refractivity contribution in [1.82, 2.24) is 20.2 Å². The number of aryl methyl sites for hydroxylation is 1. The van der Waals surface area contributed by atoms with E-state index in [1.54, 1.807) is 0 Å². The van der Waals surface area contributed by atoms with Crippen LogP contribution in [0.15, 0.2) is 30.3 Å². The SMILES string of the molecule is CC[C@H](C)c1nc(N2CCN(C(=O)NCc3ccccc3)CC2)c2c3c(sc2n1)C[C@H](C)CC3. The molecule has 5 rings (SSSR count). The van der Waals surface area contributed by atoms with Crippen molar-refractivity contribution in [1.29, 1.82) is 0 Å². The molecule has 2 amide bonds. The van der Waals surface area contributed by atoms with Gasteiger partial charge in [0.2, 0.25) is 0 Å². The molecule has 180 valence electrons. The molecule has 1 aliphatic heterocycles. The van der Waals surface area contributed by atoms with E-state index >= 15 is 0 Å². The number of piperazine rings is 1. The second-order valence-electron chi connectivity index (χ2n) is 9.87. The molecule has 3 aromatic rings. The highest BCUT2D eigenvalue weighted by Crippen LogP contribution is 2.41. The Balaban J connectivity index is 1.35. The molecule has 3 heterocycles. The summed E-state index contributed by atoms with van der Waals surface area (Å²) >= 11 is 1.88. The Hall–Kier alpha value is -2.67. The van der Waals surface area contributed by atoms with Crippen molar-refractivity contribution in [2.75, 3.05) is 31.1 Å². The lowest BCUT2D eigenvalue weighted by Crippen LogP contribution is -2.52. The molecule has 7 heteroatoms. The van der Waals surface area contributed by atoms with Crippen molar-refractivity contribution in [2.45, 2.75) is 58.9 Å². The van der Waals surface area contributed by atoms with Gasteiger partial charge in [0.05, 0.1) is 5.39 Å². The third kappa shape index (κ3) is 4.63. The molecular formula is C27H35N5OS. The predicted molar refractivity (Wildman–Crippen MR) is 140 cm³/mol. The van der Waals surface area contributed by atoms with E-state index in [1.165, 1.54) is 22.2 Å². The summed E-state index contributed by atoms with van der Waals surface area (Å²) in [6, 6.07) is 10.1. The van der Waals surface area contributed by atoms with Gasteiger partial charge in [-0.1, -0.05) is 51.1 Å². The van der Waals surface area contributed by atoms with Crippen LogP contribution < -0.4 is 10.2 Å². The molecule has 1 aromatic carbocycles. The lowest BCUT2D eigenvalue weighted by molar-refractivity contribution is 0.194. The van der Waals surface area contributed by atoms with Crippen molar-refractivity contribution >= 4 is 33.4 Å². The highest BCUT2D eigenvalue weighted by atomic mass is 32.1. The van der Waals surface area contributed by atoms with E-state index in [0.717, 1.165) is 60.3 Å². The van der Waals surface area contributed by atoms with Crippen LogP contribution in [0, 0.1) is 5.92 Å². The Morgan fingerprint density at radius 3 is 2.68 bits per heavy atom. The van der Waals surface area contributed by atoms with Crippen LogP contribution in [0.25, 0.3) is 10.2 Å². The number of hydrogen-bond acceptors (Lipinski definition) is 5. The molecule has 2 aliphatic rings. The number of rotatable bonds is 5. The molecule has 1 saturated heterocycles. The molecular weight excluding hydrogens is 442 g/mol. The molecule has 1 aliphatic carbocycles. The molecule has 1 fully saturated rings. The van der Waals surface area contributed by atoms with Crippen LogP contribution in [-0.4, -0.2) is 47.1 Å². The maximum atomic E-state index is 12.8. The zero-order chi connectivity index (χ0) is 23.7. The van der Waals surface area contributed by atoms with Gasteiger partial charge >= 0.3 is 6.03 Å². The Morgan fingerprint density at radius 1 is 1.18 bits per heavy atom. The zero-order valence-corrected chi connectivity index (χ0v) is 21.3.